The van der Waals surface area contributed by atoms with Crippen molar-refractivity contribution in [1.82, 2.24) is 9.99 Å². The molecule has 2 aromatic carbocycles. The van der Waals surface area contributed by atoms with Gasteiger partial charge in [-0.05, 0) is 104 Å². The Hall–Kier alpha value is -2.66. The fourth-order valence-electron chi connectivity index (χ4n) is 3.53. The largest absolute Gasteiger partial charge is 0.318 e. The van der Waals surface area contributed by atoms with Crippen molar-refractivity contribution in [2.24, 2.45) is 5.10 Å². The highest BCUT2D eigenvalue weighted by molar-refractivity contribution is 14.1. The molecule has 0 aliphatic rings. The van der Waals surface area contributed by atoms with Crippen molar-refractivity contribution < 1.29 is 13.2 Å². The molecule has 1 N–H and O–H groups in total. The number of carbonyl (C=O) groups excluding carboxylic acids is 1. The Labute approximate surface area is 208 Å². The zero-order valence-corrected chi connectivity index (χ0v) is 22.2. The van der Waals surface area contributed by atoms with Crippen LogP contribution in [0.3, 0.4) is 0 Å². The summed E-state index contributed by atoms with van der Waals surface area (Å²) < 4.78 is 28.6. The quantitative estimate of drug-likeness (QED) is 0.259. The van der Waals surface area contributed by atoms with Gasteiger partial charge in [-0.2, -0.15) is 5.10 Å². The average molecular weight is 578 g/mol. The van der Waals surface area contributed by atoms with Gasteiger partial charge in [0.2, 0.25) is 10.0 Å². The summed E-state index contributed by atoms with van der Waals surface area (Å²) in [6.45, 7) is 7.81. The maximum absolute atomic E-state index is 12.4. The molecule has 3 aromatic rings. The van der Waals surface area contributed by atoms with Crippen molar-refractivity contribution in [2.45, 2.75) is 27.7 Å². The van der Waals surface area contributed by atoms with Crippen molar-refractivity contribution >= 4 is 50.4 Å². The molecule has 1 aromatic heterocycles. The average Bonchev–Trinajstić information content (AvgIpc) is 3.01. The molecule has 1 amide bonds. The van der Waals surface area contributed by atoms with Crippen molar-refractivity contribution in [3.05, 3.63) is 80.2 Å². The summed E-state index contributed by atoms with van der Waals surface area (Å²) in [7, 11) is -3.63. The van der Waals surface area contributed by atoms with E-state index in [4.69, 9.17) is 0 Å². The van der Waals surface area contributed by atoms with Crippen LogP contribution in [0, 0.1) is 31.3 Å². The van der Waals surface area contributed by atoms with E-state index >= 15 is 0 Å². The van der Waals surface area contributed by atoms with E-state index in [2.05, 4.69) is 69.7 Å². The molecule has 0 aliphatic heterocycles. The Morgan fingerprint density at radius 2 is 1.73 bits per heavy atom. The number of anilines is 1. The SMILES string of the molecule is Cc1ccc(-n2c(C)cc(/C=N\NC(=O)CN(c3ccc(I)cc3)S(C)(=O)=O)c2C)cc1C. The number of aryl methyl sites for hydroxylation is 3. The van der Waals surface area contributed by atoms with Crippen molar-refractivity contribution in [3.8, 4) is 5.69 Å². The van der Waals surface area contributed by atoms with Gasteiger partial charge >= 0.3 is 0 Å². The van der Waals surface area contributed by atoms with Crippen LogP contribution in [-0.4, -0.2) is 37.9 Å². The van der Waals surface area contributed by atoms with Crippen LogP contribution in [0.4, 0.5) is 5.69 Å². The number of hydrogen-bond acceptors (Lipinski definition) is 4. The summed E-state index contributed by atoms with van der Waals surface area (Å²) in [4.78, 5) is 12.4. The molecular weight excluding hydrogens is 551 g/mol. The third-order valence-corrected chi connectivity index (χ3v) is 7.27. The van der Waals surface area contributed by atoms with E-state index in [1.165, 1.54) is 11.1 Å². The highest BCUT2D eigenvalue weighted by atomic mass is 127. The summed E-state index contributed by atoms with van der Waals surface area (Å²) in [6, 6.07) is 15.2. The first-order valence-electron chi connectivity index (χ1n) is 10.3. The van der Waals surface area contributed by atoms with E-state index < -0.39 is 15.9 Å². The Bertz CT molecular complexity index is 1310. The zero-order chi connectivity index (χ0) is 24.3. The van der Waals surface area contributed by atoms with Crippen LogP contribution >= 0.6 is 22.6 Å². The molecule has 7 nitrogen and oxygen atoms in total. The number of carbonyl (C=O) groups is 1. The minimum atomic E-state index is -3.63. The number of halogens is 1. The molecule has 0 saturated heterocycles. The molecule has 0 fully saturated rings. The second-order valence-corrected chi connectivity index (χ2v) is 11.1. The van der Waals surface area contributed by atoms with Gasteiger partial charge in [0.15, 0.2) is 0 Å². The molecule has 0 unspecified atom stereocenters. The van der Waals surface area contributed by atoms with E-state index in [-0.39, 0.29) is 6.54 Å². The summed E-state index contributed by atoms with van der Waals surface area (Å²) in [6.07, 6.45) is 2.65. The number of rotatable bonds is 7. The molecule has 0 aliphatic carbocycles. The molecule has 3 rings (SSSR count). The zero-order valence-electron chi connectivity index (χ0n) is 19.3. The minimum absolute atomic E-state index is 0.363. The van der Waals surface area contributed by atoms with E-state index in [1.807, 2.05) is 19.9 Å². The van der Waals surface area contributed by atoms with Crippen molar-refractivity contribution in [3.63, 3.8) is 0 Å². The lowest BCUT2D eigenvalue weighted by molar-refractivity contribution is -0.119. The molecule has 1 heterocycles. The maximum atomic E-state index is 12.4. The number of hydrogen-bond donors (Lipinski definition) is 1. The smallest absolute Gasteiger partial charge is 0.260 e. The topological polar surface area (TPSA) is 83.8 Å². The summed E-state index contributed by atoms with van der Waals surface area (Å²) in [5, 5.41) is 4.06. The molecular formula is C24H27IN4O3S. The van der Waals surface area contributed by atoms with Crippen LogP contribution in [0.5, 0.6) is 0 Å². The van der Waals surface area contributed by atoms with Crippen molar-refractivity contribution in [1.29, 1.82) is 0 Å². The van der Waals surface area contributed by atoms with Crippen molar-refractivity contribution in [2.75, 3.05) is 17.1 Å². The molecule has 9 heteroatoms. The number of nitrogens with one attached hydrogen (secondary N) is 1. The first kappa shape index (κ1) is 25.0. The molecule has 0 radical (unpaired) electrons. The number of aromatic nitrogens is 1. The summed E-state index contributed by atoms with van der Waals surface area (Å²) in [5.41, 5.74) is 9.29. The van der Waals surface area contributed by atoms with Gasteiger partial charge < -0.3 is 4.57 Å². The third kappa shape index (κ3) is 6.02. The Kier molecular flexibility index (Phi) is 7.63. The third-order valence-electron chi connectivity index (χ3n) is 5.41. The number of benzene rings is 2. The van der Waals surface area contributed by atoms with Crippen LogP contribution in [0.25, 0.3) is 5.69 Å². The molecule has 0 atom stereocenters. The lowest BCUT2D eigenvalue weighted by Crippen LogP contribution is -2.39. The molecule has 174 valence electrons. The molecule has 0 bridgehead atoms. The fraction of sp³-hybridized carbons (Fsp3) is 0.250. The second-order valence-electron chi connectivity index (χ2n) is 7.97. The van der Waals surface area contributed by atoms with Gasteiger partial charge in [0.1, 0.15) is 6.54 Å². The van der Waals surface area contributed by atoms with Crippen LogP contribution < -0.4 is 9.73 Å². The van der Waals surface area contributed by atoms with Gasteiger partial charge in [-0.15, -0.1) is 0 Å². The molecule has 0 saturated carbocycles. The van der Waals surface area contributed by atoms with E-state index in [0.717, 1.165) is 36.8 Å². The number of amides is 1. The Morgan fingerprint density at radius 3 is 2.33 bits per heavy atom. The molecule has 33 heavy (non-hydrogen) atoms. The van der Waals surface area contributed by atoms with Gasteiger partial charge in [-0.3, -0.25) is 9.10 Å². The number of hydrazone groups is 1. The van der Waals surface area contributed by atoms with Crippen LogP contribution in [0.15, 0.2) is 53.6 Å². The highest BCUT2D eigenvalue weighted by Crippen LogP contribution is 2.22. The van der Waals surface area contributed by atoms with Crippen LogP contribution in [0.1, 0.15) is 28.1 Å². The monoisotopic (exact) mass is 578 g/mol. The lowest BCUT2D eigenvalue weighted by atomic mass is 10.1. The van der Waals surface area contributed by atoms with E-state index in [9.17, 15) is 13.2 Å². The number of nitrogens with zero attached hydrogens (tertiary/aromatic N) is 3. The van der Waals surface area contributed by atoms with Crippen LogP contribution in [-0.2, 0) is 14.8 Å². The first-order chi connectivity index (χ1) is 15.5. The van der Waals surface area contributed by atoms with Gasteiger partial charge in [0, 0.05) is 26.2 Å². The standard InChI is InChI=1S/C24H27IN4O3S/c1-16-6-9-23(12-17(16)2)29-18(3)13-20(19(29)4)14-26-27-24(30)15-28(33(5,31)32)22-10-7-21(25)8-11-22/h6-14H,15H2,1-5H3,(H,27,30)/b26-14-. The predicted octanol–water partition coefficient (Wildman–Crippen LogP) is 4.23. The summed E-state index contributed by atoms with van der Waals surface area (Å²) >= 11 is 2.14. The summed E-state index contributed by atoms with van der Waals surface area (Å²) in [5.74, 6) is -0.529. The Balaban J connectivity index is 1.75. The first-order valence-corrected chi connectivity index (χ1v) is 13.2. The lowest BCUT2D eigenvalue weighted by Gasteiger charge is -2.21. The van der Waals surface area contributed by atoms with Gasteiger partial charge in [0.05, 0.1) is 18.2 Å². The highest BCUT2D eigenvalue weighted by Gasteiger charge is 2.20. The van der Waals surface area contributed by atoms with Crippen LogP contribution in [0.2, 0.25) is 0 Å². The minimum Gasteiger partial charge on any atom is -0.318 e. The van der Waals surface area contributed by atoms with Gasteiger partial charge in [-0.1, -0.05) is 6.07 Å². The fourth-order valence-corrected chi connectivity index (χ4v) is 4.74. The molecule has 0 spiro atoms. The predicted molar refractivity (Wildman–Crippen MR) is 142 cm³/mol. The second kappa shape index (κ2) is 10.1. The number of sulfonamides is 1. The van der Waals surface area contributed by atoms with E-state index in [0.29, 0.717) is 5.69 Å². The Morgan fingerprint density at radius 1 is 1.06 bits per heavy atom. The van der Waals surface area contributed by atoms with Gasteiger partial charge in [-0.25, -0.2) is 13.8 Å². The van der Waals surface area contributed by atoms with E-state index in [1.54, 1.807) is 30.5 Å². The maximum Gasteiger partial charge on any atom is 0.260 e. The van der Waals surface area contributed by atoms with Gasteiger partial charge in [0.25, 0.3) is 5.91 Å². The normalized spacial score (nSPS) is 11.7.